The molecular formula is C20H24N2O3S. The lowest BCUT2D eigenvalue weighted by atomic mass is 10.2. The topological polar surface area (TPSA) is 50.8 Å². The molecule has 1 amide bonds. The smallest absolute Gasteiger partial charge is 0.238 e. The highest BCUT2D eigenvalue weighted by Gasteiger charge is 2.13. The summed E-state index contributed by atoms with van der Waals surface area (Å²) in [6, 6.07) is 13.9. The number of likely N-dealkylation sites (N-methyl/N-ethyl adjacent to an activating group) is 1. The molecule has 0 saturated carbocycles. The summed E-state index contributed by atoms with van der Waals surface area (Å²) in [5.74, 6) is 1.36. The second-order valence-corrected chi connectivity index (χ2v) is 7.16. The molecule has 0 aromatic heterocycles. The summed E-state index contributed by atoms with van der Waals surface area (Å²) in [7, 11) is 1.94. The number of rotatable bonds is 6. The minimum absolute atomic E-state index is 0.0530. The summed E-state index contributed by atoms with van der Waals surface area (Å²) in [5, 5.41) is 2.93. The summed E-state index contributed by atoms with van der Waals surface area (Å²) >= 11 is 1.72. The second-order valence-electron chi connectivity index (χ2n) is 6.28. The number of ether oxygens (including phenoxy) is 2. The van der Waals surface area contributed by atoms with E-state index in [9.17, 15) is 4.79 Å². The normalized spacial score (nSPS) is 13.3. The Morgan fingerprint density at radius 3 is 2.58 bits per heavy atom. The molecule has 0 saturated heterocycles. The average molecular weight is 372 g/mol. The number of hydrogen-bond donors (Lipinski definition) is 1. The van der Waals surface area contributed by atoms with E-state index >= 15 is 0 Å². The van der Waals surface area contributed by atoms with E-state index in [1.165, 1.54) is 10.5 Å². The third kappa shape index (κ3) is 5.16. The molecule has 0 aliphatic carbocycles. The number of carbonyl (C=O) groups excluding carboxylic acids is 1. The van der Waals surface area contributed by atoms with Crippen LogP contribution >= 0.6 is 11.8 Å². The summed E-state index contributed by atoms with van der Waals surface area (Å²) in [6.07, 6.45) is 2.92. The van der Waals surface area contributed by atoms with Crippen molar-refractivity contribution < 1.29 is 14.3 Å². The first-order chi connectivity index (χ1) is 12.6. The van der Waals surface area contributed by atoms with Gasteiger partial charge in [-0.25, -0.2) is 0 Å². The molecule has 1 N–H and O–H groups in total. The average Bonchev–Trinajstić information content (AvgIpc) is 2.87. The van der Waals surface area contributed by atoms with Gasteiger partial charge in [-0.3, -0.25) is 9.69 Å². The van der Waals surface area contributed by atoms with Crippen molar-refractivity contribution in [1.29, 1.82) is 0 Å². The van der Waals surface area contributed by atoms with Crippen molar-refractivity contribution in [3.8, 4) is 11.5 Å². The van der Waals surface area contributed by atoms with Gasteiger partial charge in [-0.1, -0.05) is 12.1 Å². The second kappa shape index (κ2) is 8.96. The maximum absolute atomic E-state index is 12.3. The Hall–Kier alpha value is -2.18. The van der Waals surface area contributed by atoms with Gasteiger partial charge >= 0.3 is 0 Å². The van der Waals surface area contributed by atoms with Crippen LogP contribution in [0.3, 0.4) is 0 Å². The van der Waals surface area contributed by atoms with E-state index in [0.717, 1.165) is 24.4 Å². The third-order valence-electron chi connectivity index (χ3n) is 4.06. The SMILES string of the molecule is CSc1ccc(CN(C)CC(=O)Nc2ccc3c(c2)OCCCO3)cc1. The Balaban J connectivity index is 1.53. The van der Waals surface area contributed by atoms with Gasteiger partial charge in [0.05, 0.1) is 19.8 Å². The van der Waals surface area contributed by atoms with Crippen LogP contribution < -0.4 is 14.8 Å². The van der Waals surface area contributed by atoms with Crippen LogP contribution in [0.4, 0.5) is 5.69 Å². The van der Waals surface area contributed by atoms with Gasteiger partial charge in [0.1, 0.15) is 0 Å². The van der Waals surface area contributed by atoms with E-state index in [1.807, 2.05) is 30.1 Å². The highest BCUT2D eigenvalue weighted by atomic mass is 32.2. The van der Waals surface area contributed by atoms with Gasteiger partial charge in [-0.15, -0.1) is 11.8 Å². The third-order valence-corrected chi connectivity index (χ3v) is 4.80. The molecule has 6 heteroatoms. The number of nitrogens with one attached hydrogen (secondary N) is 1. The highest BCUT2D eigenvalue weighted by Crippen LogP contribution is 2.32. The number of amides is 1. The standard InChI is InChI=1S/C20H24N2O3S/c1-22(13-15-4-7-17(26-2)8-5-15)14-20(23)21-16-6-9-18-19(12-16)25-11-3-10-24-18/h4-9,12H,3,10-11,13-14H2,1-2H3,(H,21,23). The Kier molecular flexibility index (Phi) is 6.41. The van der Waals surface area contributed by atoms with E-state index in [-0.39, 0.29) is 5.91 Å². The van der Waals surface area contributed by atoms with Crippen molar-refractivity contribution in [1.82, 2.24) is 4.90 Å². The molecule has 0 unspecified atom stereocenters. The zero-order valence-electron chi connectivity index (χ0n) is 15.2. The summed E-state index contributed by atoms with van der Waals surface area (Å²) in [5.41, 5.74) is 1.91. The molecule has 1 heterocycles. The molecular weight excluding hydrogens is 348 g/mol. The predicted molar refractivity (Wildman–Crippen MR) is 105 cm³/mol. The van der Waals surface area contributed by atoms with Crippen LogP contribution in [0.15, 0.2) is 47.4 Å². The van der Waals surface area contributed by atoms with Crippen molar-refractivity contribution >= 4 is 23.4 Å². The van der Waals surface area contributed by atoms with Gasteiger partial charge in [-0.2, -0.15) is 0 Å². The van der Waals surface area contributed by atoms with E-state index in [1.54, 1.807) is 11.8 Å². The maximum atomic E-state index is 12.3. The molecule has 0 spiro atoms. The zero-order valence-corrected chi connectivity index (χ0v) is 16.0. The fourth-order valence-corrected chi connectivity index (χ4v) is 3.19. The molecule has 2 aromatic carbocycles. The first kappa shape index (κ1) is 18.6. The number of carbonyl (C=O) groups is 1. The number of nitrogens with zero attached hydrogens (tertiary/aromatic N) is 1. The molecule has 1 aliphatic heterocycles. The van der Waals surface area contributed by atoms with Crippen molar-refractivity contribution in [3.05, 3.63) is 48.0 Å². The molecule has 138 valence electrons. The first-order valence-corrected chi connectivity index (χ1v) is 9.87. The zero-order chi connectivity index (χ0) is 18.4. The molecule has 0 atom stereocenters. The lowest BCUT2D eigenvalue weighted by Crippen LogP contribution is -2.29. The molecule has 1 aliphatic rings. The minimum atomic E-state index is -0.0530. The number of fused-ring (bicyclic) bond motifs is 1. The van der Waals surface area contributed by atoms with Gasteiger partial charge < -0.3 is 14.8 Å². The van der Waals surface area contributed by atoms with Gasteiger partial charge in [0.25, 0.3) is 0 Å². The van der Waals surface area contributed by atoms with E-state index in [4.69, 9.17) is 9.47 Å². The van der Waals surface area contributed by atoms with Crippen molar-refractivity contribution in [2.75, 3.05) is 38.4 Å². The molecule has 0 bridgehead atoms. The predicted octanol–water partition coefficient (Wildman–Crippen LogP) is 3.64. The maximum Gasteiger partial charge on any atom is 0.238 e. The number of thioether (sulfide) groups is 1. The van der Waals surface area contributed by atoms with Crippen molar-refractivity contribution in [3.63, 3.8) is 0 Å². The first-order valence-electron chi connectivity index (χ1n) is 8.65. The van der Waals surface area contributed by atoms with Crippen LogP contribution in [0.5, 0.6) is 11.5 Å². The van der Waals surface area contributed by atoms with Gasteiger partial charge in [0.15, 0.2) is 11.5 Å². The molecule has 26 heavy (non-hydrogen) atoms. The quantitative estimate of drug-likeness (QED) is 0.785. The molecule has 5 nitrogen and oxygen atoms in total. The van der Waals surface area contributed by atoms with Crippen LogP contribution in [0.2, 0.25) is 0 Å². The van der Waals surface area contributed by atoms with Crippen molar-refractivity contribution in [2.45, 2.75) is 17.9 Å². The Morgan fingerprint density at radius 1 is 1.12 bits per heavy atom. The lowest BCUT2D eigenvalue weighted by Gasteiger charge is -2.17. The van der Waals surface area contributed by atoms with Crippen LogP contribution in [-0.2, 0) is 11.3 Å². The van der Waals surface area contributed by atoms with E-state index < -0.39 is 0 Å². The van der Waals surface area contributed by atoms with E-state index in [2.05, 4.69) is 35.8 Å². The van der Waals surface area contributed by atoms with Gasteiger partial charge in [0.2, 0.25) is 5.91 Å². The fraction of sp³-hybridized carbons (Fsp3) is 0.350. The Morgan fingerprint density at radius 2 is 1.85 bits per heavy atom. The molecule has 0 radical (unpaired) electrons. The van der Waals surface area contributed by atoms with E-state index in [0.29, 0.717) is 25.5 Å². The van der Waals surface area contributed by atoms with Gasteiger partial charge in [0, 0.05) is 29.6 Å². The number of anilines is 1. The Labute approximate surface area is 158 Å². The number of hydrogen-bond acceptors (Lipinski definition) is 5. The molecule has 3 rings (SSSR count). The monoisotopic (exact) mass is 372 g/mol. The lowest BCUT2D eigenvalue weighted by molar-refractivity contribution is -0.117. The number of benzene rings is 2. The summed E-state index contributed by atoms with van der Waals surface area (Å²) in [4.78, 5) is 15.6. The molecule has 0 fully saturated rings. The van der Waals surface area contributed by atoms with Crippen LogP contribution in [0.1, 0.15) is 12.0 Å². The minimum Gasteiger partial charge on any atom is -0.490 e. The van der Waals surface area contributed by atoms with Gasteiger partial charge in [-0.05, 0) is 43.1 Å². The van der Waals surface area contributed by atoms with Crippen LogP contribution in [-0.4, -0.2) is 43.9 Å². The summed E-state index contributed by atoms with van der Waals surface area (Å²) in [6.45, 7) is 2.33. The van der Waals surface area contributed by atoms with Crippen LogP contribution in [0.25, 0.3) is 0 Å². The van der Waals surface area contributed by atoms with Crippen molar-refractivity contribution in [2.24, 2.45) is 0 Å². The highest BCUT2D eigenvalue weighted by molar-refractivity contribution is 7.98. The fourth-order valence-electron chi connectivity index (χ4n) is 2.79. The molecule has 2 aromatic rings. The van der Waals surface area contributed by atoms with Crippen LogP contribution in [0, 0.1) is 0 Å². The summed E-state index contributed by atoms with van der Waals surface area (Å²) < 4.78 is 11.3. The Bertz CT molecular complexity index is 749. The largest absolute Gasteiger partial charge is 0.490 e.